The van der Waals surface area contributed by atoms with E-state index in [1.54, 1.807) is 12.1 Å². The Kier molecular flexibility index (Phi) is 4.11. The van der Waals surface area contributed by atoms with Crippen LogP contribution < -0.4 is 0 Å². The first-order valence-corrected chi connectivity index (χ1v) is 7.34. The van der Waals surface area contributed by atoms with E-state index < -0.39 is 0 Å². The van der Waals surface area contributed by atoms with Gasteiger partial charge in [-0.05, 0) is 60.1 Å². The summed E-state index contributed by atoms with van der Waals surface area (Å²) in [6.07, 6.45) is 1.83. The van der Waals surface area contributed by atoms with Crippen molar-refractivity contribution in [3.05, 3.63) is 59.7 Å². The predicted octanol–water partition coefficient (Wildman–Crippen LogP) is 3.15. The first-order valence-electron chi connectivity index (χ1n) is 7.34. The van der Waals surface area contributed by atoms with Gasteiger partial charge in [0.1, 0.15) is 11.5 Å². The van der Waals surface area contributed by atoms with Crippen LogP contribution in [0.25, 0.3) is 0 Å². The first kappa shape index (κ1) is 14.0. The largest absolute Gasteiger partial charge is 0.508 e. The van der Waals surface area contributed by atoms with E-state index >= 15 is 0 Å². The Labute approximate surface area is 124 Å². The summed E-state index contributed by atoms with van der Waals surface area (Å²) in [6, 6.07) is 14.9. The molecule has 2 atom stereocenters. The zero-order chi connectivity index (χ0) is 14.7. The fourth-order valence-corrected chi connectivity index (χ4v) is 3.07. The Morgan fingerprint density at radius 1 is 0.810 bits per heavy atom. The first-order chi connectivity index (χ1) is 10.2. The molecule has 110 valence electrons. The van der Waals surface area contributed by atoms with Crippen molar-refractivity contribution in [2.24, 2.45) is 11.8 Å². The second kappa shape index (κ2) is 6.19. The zero-order valence-corrected chi connectivity index (χ0v) is 11.9. The van der Waals surface area contributed by atoms with Crippen LogP contribution in [-0.2, 0) is 17.6 Å². The molecule has 3 rings (SSSR count). The summed E-state index contributed by atoms with van der Waals surface area (Å²) in [5, 5.41) is 19.1. The van der Waals surface area contributed by atoms with Gasteiger partial charge >= 0.3 is 0 Å². The SMILES string of the molecule is Oc1cccc(C[C@@H]2COC[C@H]2Cc2cccc(O)c2)c1. The number of aromatic hydroxyl groups is 2. The van der Waals surface area contributed by atoms with Crippen LogP contribution in [0.5, 0.6) is 11.5 Å². The van der Waals surface area contributed by atoms with E-state index in [-0.39, 0.29) is 0 Å². The summed E-state index contributed by atoms with van der Waals surface area (Å²) in [7, 11) is 0. The number of hydrogen-bond donors (Lipinski definition) is 2. The molecule has 1 aliphatic rings. The smallest absolute Gasteiger partial charge is 0.115 e. The molecule has 1 heterocycles. The van der Waals surface area contributed by atoms with Crippen LogP contribution in [0.1, 0.15) is 11.1 Å². The van der Waals surface area contributed by atoms with E-state index in [2.05, 4.69) is 0 Å². The molecule has 0 bridgehead atoms. The molecule has 0 amide bonds. The Bertz CT molecular complexity index is 555. The Balaban J connectivity index is 1.68. The Hall–Kier alpha value is -2.00. The van der Waals surface area contributed by atoms with Gasteiger partial charge in [0, 0.05) is 0 Å². The van der Waals surface area contributed by atoms with Gasteiger partial charge in [-0.1, -0.05) is 24.3 Å². The third-order valence-electron chi connectivity index (χ3n) is 4.15. The molecule has 0 spiro atoms. The fraction of sp³-hybridized carbons (Fsp3) is 0.333. The van der Waals surface area contributed by atoms with Crippen molar-refractivity contribution in [1.29, 1.82) is 0 Å². The fourth-order valence-electron chi connectivity index (χ4n) is 3.07. The minimum Gasteiger partial charge on any atom is -0.508 e. The molecule has 1 aliphatic heterocycles. The summed E-state index contributed by atoms with van der Waals surface area (Å²) in [4.78, 5) is 0. The van der Waals surface area contributed by atoms with Gasteiger partial charge in [-0.25, -0.2) is 0 Å². The van der Waals surface area contributed by atoms with Crippen molar-refractivity contribution in [2.45, 2.75) is 12.8 Å². The second-order valence-corrected chi connectivity index (χ2v) is 5.81. The van der Waals surface area contributed by atoms with Gasteiger partial charge < -0.3 is 14.9 Å². The average molecular weight is 284 g/mol. The second-order valence-electron chi connectivity index (χ2n) is 5.81. The molecule has 2 aromatic rings. The van der Waals surface area contributed by atoms with Gasteiger partial charge in [0.15, 0.2) is 0 Å². The van der Waals surface area contributed by atoms with Crippen LogP contribution in [0, 0.1) is 11.8 Å². The quantitative estimate of drug-likeness (QED) is 0.906. The van der Waals surface area contributed by atoms with Crippen molar-refractivity contribution in [2.75, 3.05) is 13.2 Å². The van der Waals surface area contributed by atoms with Crippen LogP contribution in [0.3, 0.4) is 0 Å². The number of ether oxygens (including phenoxy) is 1. The van der Waals surface area contributed by atoms with Gasteiger partial charge in [0.05, 0.1) is 13.2 Å². The third kappa shape index (κ3) is 3.56. The predicted molar refractivity (Wildman–Crippen MR) is 81.4 cm³/mol. The number of phenolic OH excluding ortho intramolecular Hbond substituents is 2. The minimum atomic E-state index is 0.316. The molecule has 3 nitrogen and oxygen atoms in total. The number of hydrogen-bond acceptors (Lipinski definition) is 3. The summed E-state index contributed by atoms with van der Waals surface area (Å²) in [6.45, 7) is 1.53. The van der Waals surface area contributed by atoms with Crippen molar-refractivity contribution in [1.82, 2.24) is 0 Å². The maximum absolute atomic E-state index is 9.56. The standard InChI is InChI=1S/C18H20O3/c19-17-5-1-3-13(9-17)7-15-11-21-12-16(15)8-14-4-2-6-18(20)10-14/h1-6,9-10,15-16,19-20H,7-8,11-12H2/t15-,16-/m1/s1. The van der Waals surface area contributed by atoms with E-state index in [4.69, 9.17) is 4.74 Å². The highest BCUT2D eigenvalue weighted by atomic mass is 16.5. The number of phenols is 2. The number of benzene rings is 2. The van der Waals surface area contributed by atoms with Crippen LogP contribution in [0.2, 0.25) is 0 Å². The van der Waals surface area contributed by atoms with E-state index in [0.29, 0.717) is 23.3 Å². The van der Waals surface area contributed by atoms with E-state index in [0.717, 1.165) is 37.2 Å². The molecule has 0 saturated carbocycles. The lowest BCUT2D eigenvalue weighted by Gasteiger charge is -2.18. The molecule has 0 unspecified atom stereocenters. The van der Waals surface area contributed by atoms with Crippen molar-refractivity contribution >= 4 is 0 Å². The summed E-state index contributed by atoms with van der Waals surface area (Å²) in [5.74, 6) is 1.54. The van der Waals surface area contributed by atoms with E-state index in [1.165, 1.54) is 0 Å². The summed E-state index contributed by atoms with van der Waals surface area (Å²) in [5.41, 5.74) is 2.29. The maximum Gasteiger partial charge on any atom is 0.115 e. The minimum absolute atomic E-state index is 0.316. The monoisotopic (exact) mass is 284 g/mol. The molecule has 0 radical (unpaired) electrons. The maximum atomic E-state index is 9.56. The van der Waals surface area contributed by atoms with Crippen molar-refractivity contribution in [3.8, 4) is 11.5 Å². The molecule has 0 aliphatic carbocycles. The third-order valence-corrected chi connectivity index (χ3v) is 4.15. The normalized spacial score (nSPS) is 21.5. The molecular formula is C18H20O3. The Morgan fingerprint density at radius 3 is 1.71 bits per heavy atom. The van der Waals surface area contributed by atoms with Crippen molar-refractivity contribution in [3.63, 3.8) is 0 Å². The van der Waals surface area contributed by atoms with Gasteiger partial charge in [-0.2, -0.15) is 0 Å². The highest BCUT2D eigenvalue weighted by Crippen LogP contribution is 2.29. The van der Waals surface area contributed by atoms with E-state index in [1.807, 2.05) is 36.4 Å². The Morgan fingerprint density at radius 2 is 1.29 bits per heavy atom. The van der Waals surface area contributed by atoms with Crippen molar-refractivity contribution < 1.29 is 14.9 Å². The lowest BCUT2D eigenvalue weighted by Crippen LogP contribution is -2.17. The summed E-state index contributed by atoms with van der Waals surface area (Å²) >= 11 is 0. The lowest BCUT2D eigenvalue weighted by molar-refractivity contribution is 0.180. The molecule has 2 N–H and O–H groups in total. The highest BCUT2D eigenvalue weighted by molar-refractivity contribution is 5.29. The average Bonchev–Trinajstić information content (AvgIpc) is 2.86. The van der Waals surface area contributed by atoms with Gasteiger partial charge in [0.2, 0.25) is 0 Å². The van der Waals surface area contributed by atoms with Gasteiger partial charge in [0.25, 0.3) is 0 Å². The van der Waals surface area contributed by atoms with Crippen LogP contribution in [0.4, 0.5) is 0 Å². The van der Waals surface area contributed by atoms with Gasteiger partial charge in [-0.15, -0.1) is 0 Å². The van der Waals surface area contributed by atoms with Crippen LogP contribution in [0.15, 0.2) is 48.5 Å². The molecule has 3 heteroatoms. The molecule has 0 aromatic heterocycles. The topological polar surface area (TPSA) is 49.7 Å². The van der Waals surface area contributed by atoms with Gasteiger partial charge in [-0.3, -0.25) is 0 Å². The van der Waals surface area contributed by atoms with Crippen LogP contribution in [-0.4, -0.2) is 23.4 Å². The zero-order valence-electron chi connectivity index (χ0n) is 11.9. The number of rotatable bonds is 4. The lowest BCUT2D eigenvalue weighted by atomic mass is 9.85. The highest BCUT2D eigenvalue weighted by Gasteiger charge is 2.28. The van der Waals surface area contributed by atoms with Crippen LogP contribution >= 0.6 is 0 Å². The molecule has 2 aromatic carbocycles. The molecule has 21 heavy (non-hydrogen) atoms. The van der Waals surface area contributed by atoms with E-state index in [9.17, 15) is 10.2 Å². The molecule has 1 saturated heterocycles. The molecule has 1 fully saturated rings. The summed E-state index contributed by atoms with van der Waals surface area (Å²) < 4.78 is 5.65. The molecular weight excluding hydrogens is 264 g/mol.